The Balaban J connectivity index is 0.961. The van der Waals surface area contributed by atoms with E-state index in [4.69, 9.17) is 4.74 Å². The van der Waals surface area contributed by atoms with Gasteiger partial charge in [0.15, 0.2) is 0 Å². The molecule has 3 heterocycles. The molecule has 0 fully saturated rings. The lowest BCUT2D eigenvalue weighted by molar-refractivity contribution is 0.429. The SMILES string of the molecule is C1=CCCC(C2CC(c3ccccc3)C=C(C3=CC=C(c4ccc5c(c4)c4ccccc4n5-c4ccccc4C4=C5Oc6ccccc6C5CC=C4)CC3)N2)=C1. The molecule has 3 heteroatoms. The maximum absolute atomic E-state index is 6.61. The summed E-state index contributed by atoms with van der Waals surface area (Å²) in [6.07, 6.45) is 25.0. The van der Waals surface area contributed by atoms with E-state index in [9.17, 15) is 0 Å². The standard InChI is InChI=1S/C53H44N2O/c1-3-14-35(15-4-1)40-33-47(37-16-5-2-6-17-37)54-48(34-40)38-28-26-36(27-29-38)39-30-31-51-46(32-39)42-19-8-11-24-50(42)55(51)49-23-10-7-18-41(49)44-21-13-22-45-43-20-9-12-25-52(43)56-53(44)45/h1-5,7-16,18-21,23-26,28,30-32,34,40,45,47,54H,6,17,22,27,29,33H2. The molecule has 0 radical (unpaired) electrons. The van der Waals surface area contributed by atoms with Crippen molar-refractivity contribution in [2.45, 2.75) is 56.4 Å². The maximum atomic E-state index is 6.61. The van der Waals surface area contributed by atoms with Gasteiger partial charge in [-0.25, -0.2) is 0 Å². The molecule has 5 aliphatic rings. The Labute approximate surface area is 329 Å². The number of allylic oxidation sites excluding steroid dienone is 12. The zero-order valence-electron chi connectivity index (χ0n) is 31.5. The minimum Gasteiger partial charge on any atom is -0.460 e. The van der Waals surface area contributed by atoms with E-state index in [0.717, 1.165) is 50.0 Å². The zero-order valence-corrected chi connectivity index (χ0v) is 31.5. The van der Waals surface area contributed by atoms with Crippen LogP contribution >= 0.6 is 0 Å². The van der Waals surface area contributed by atoms with E-state index in [-0.39, 0.29) is 5.92 Å². The summed E-state index contributed by atoms with van der Waals surface area (Å²) >= 11 is 0. The van der Waals surface area contributed by atoms with Crippen molar-refractivity contribution >= 4 is 33.0 Å². The first-order valence-electron chi connectivity index (χ1n) is 20.4. The predicted octanol–water partition coefficient (Wildman–Crippen LogP) is 13.0. The molecule has 0 saturated carbocycles. The number of rotatable bonds is 6. The molecule has 11 rings (SSSR count). The van der Waals surface area contributed by atoms with Crippen molar-refractivity contribution in [2.75, 3.05) is 0 Å². The van der Waals surface area contributed by atoms with Crippen LogP contribution in [0.4, 0.5) is 0 Å². The highest BCUT2D eigenvalue weighted by Crippen LogP contribution is 2.49. The Bertz CT molecular complexity index is 2760. The van der Waals surface area contributed by atoms with E-state index >= 15 is 0 Å². The minimum atomic E-state index is 0.252. The van der Waals surface area contributed by atoms with Crippen molar-refractivity contribution in [3.05, 3.63) is 215 Å². The average Bonchev–Trinajstić information content (AvgIpc) is 3.83. The van der Waals surface area contributed by atoms with E-state index in [1.54, 1.807) is 0 Å². The minimum absolute atomic E-state index is 0.252. The summed E-state index contributed by atoms with van der Waals surface area (Å²) in [6, 6.07) is 44.7. The lowest BCUT2D eigenvalue weighted by atomic mass is 9.81. The van der Waals surface area contributed by atoms with Crippen LogP contribution in [-0.2, 0) is 0 Å². The van der Waals surface area contributed by atoms with E-state index in [1.165, 1.54) is 77.7 Å². The van der Waals surface area contributed by atoms with Gasteiger partial charge in [0.1, 0.15) is 11.5 Å². The largest absolute Gasteiger partial charge is 0.460 e. The fraction of sp³-hybridized carbons (Fsp3) is 0.170. The second-order valence-corrected chi connectivity index (χ2v) is 15.8. The first-order valence-corrected chi connectivity index (χ1v) is 20.4. The first kappa shape index (κ1) is 33.1. The van der Waals surface area contributed by atoms with Gasteiger partial charge < -0.3 is 14.6 Å². The number of hydrogen-bond acceptors (Lipinski definition) is 2. The molecule has 2 aliphatic heterocycles. The van der Waals surface area contributed by atoms with Crippen LogP contribution in [0.25, 0.3) is 38.6 Å². The van der Waals surface area contributed by atoms with Crippen LogP contribution in [0.5, 0.6) is 5.75 Å². The third-order valence-electron chi connectivity index (χ3n) is 12.6. The third-order valence-corrected chi connectivity index (χ3v) is 12.6. The monoisotopic (exact) mass is 724 g/mol. The van der Waals surface area contributed by atoms with Crippen LogP contribution in [0.3, 0.4) is 0 Å². The van der Waals surface area contributed by atoms with Crippen LogP contribution in [0, 0.1) is 0 Å². The topological polar surface area (TPSA) is 26.2 Å². The summed E-state index contributed by atoms with van der Waals surface area (Å²) in [5.41, 5.74) is 15.6. The molecule has 0 bridgehead atoms. The number of nitrogens with one attached hydrogen (secondary N) is 1. The lowest BCUT2D eigenvalue weighted by Gasteiger charge is -2.34. The predicted molar refractivity (Wildman–Crippen MR) is 232 cm³/mol. The molecule has 5 aromatic carbocycles. The van der Waals surface area contributed by atoms with Gasteiger partial charge in [0, 0.05) is 51.0 Å². The summed E-state index contributed by atoms with van der Waals surface area (Å²) < 4.78 is 9.07. The fourth-order valence-corrected chi connectivity index (χ4v) is 9.83. The van der Waals surface area contributed by atoms with Crippen molar-refractivity contribution in [1.29, 1.82) is 0 Å². The summed E-state index contributed by atoms with van der Waals surface area (Å²) in [5.74, 6) is 2.70. The molecule has 3 atom stereocenters. The quantitative estimate of drug-likeness (QED) is 0.185. The normalized spacial score (nSPS) is 21.5. The van der Waals surface area contributed by atoms with Crippen molar-refractivity contribution in [1.82, 2.24) is 9.88 Å². The fourth-order valence-electron chi connectivity index (χ4n) is 9.83. The Kier molecular flexibility index (Phi) is 8.12. The summed E-state index contributed by atoms with van der Waals surface area (Å²) in [5, 5.41) is 6.55. The second-order valence-electron chi connectivity index (χ2n) is 15.8. The van der Waals surface area contributed by atoms with Crippen LogP contribution in [0.2, 0.25) is 0 Å². The Morgan fingerprint density at radius 2 is 1.48 bits per heavy atom. The Morgan fingerprint density at radius 3 is 2.38 bits per heavy atom. The van der Waals surface area contributed by atoms with Gasteiger partial charge in [-0.1, -0.05) is 140 Å². The van der Waals surface area contributed by atoms with E-state index in [0.29, 0.717) is 12.0 Å². The number of nitrogens with zero attached hydrogens (tertiary/aromatic N) is 1. The van der Waals surface area contributed by atoms with Crippen LogP contribution in [-0.4, -0.2) is 10.6 Å². The number of ether oxygens (including phenoxy) is 1. The molecule has 3 aliphatic carbocycles. The number of para-hydroxylation sites is 3. The molecule has 56 heavy (non-hydrogen) atoms. The van der Waals surface area contributed by atoms with Crippen molar-refractivity contribution in [3.63, 3.8) is 0 Å². The molecular weight excluding hydrogens is 681 g/mol. The number of fused-ring (bicyclic) bond motifs is 6. The second kappa shape index (κ2) is 13.8. The summed E-state index contributed by atoms with van der Waals surface area (Å²) in [7, 11) is 0. The first-order chi connectivity index (χ1) is 27.8. The van der Waals surface area contributed by atoms with Crippen molar-refractivity contribution in [2.24, 2.45) is 0 Å². The van der Waals surface area contributed by atoms with Gasteiger partial charge in [0.25, 0.3) is 0 Å². The summed E-state index contributed by atoms with van der Waals surface area (Å²) in [4.78, 5) is 0. The Hall–Kier alpha value is -6.32. The van der Waals surface area contributed by atoms with E-state index < -0.39 is 0 Å². The number of benzene rings is 5. The van der Waals surface area contributed by atoms with Crippen molar-refractivity contribution < 1.29 is 4.74 Å². The molecule has 0 spiro atoms. The molecule has 1 N–H and O–H groups in total. The molecule has 1 aromatic heterocycles. The maximum Gasteiger partial charge on any atom is 0.130 e. The smallest absolute Gasteiger partial charge is 0.130 e. The van der Waals surface area contributed by atoms with Gasteiger partial charge in [-0.15, -0.1) is 0 Å². The highest BCUT2D eigenvalue weighted by molar-refractivity contribution is 6.10. The molecule has 3 unspecified atom stereocenters. The van der Waals surface area contributed by atoms with Gasteiger partial charge in [-0.05, 0) is 96.7 Å². The van der Waals surface area contributed by atoms with Gasteiger partial charge in [0.05, 0.1) is 16.7 Å². The Morgan fingerprint density at radius 1 is 0.679 bits per heavy atom. The average molecular weight is 725 g/mol. The van der Waals surface area contributed by atoms with E-state index in [1.807, 2.05) is 0 Å². The van der Waals surface area contributed by atoms with Crippen LogP contribution in [0.15, 0.2) is 193 Å². The number of aromatic nitrogens is 1. The zero-order chi connectivity index (χ0) is 37.0. The van der Waals surface area contributed by atoms with Gasteiger partial charge >= 0.3 is 0 Å². The molecule has 6 aromatic rings. The molecule has 272 valence electrons. The number of hydrogen-bond donors (Lipinski definition) is 1. The van der Waals surface area contributed by atoms with Crippen molar-refractivity contribution in [3.8, 4) is 11.4 Å². The molecule has 0 saturated heterocycles. The summed E-state index contributed by atoms with van der Waals surface area (Å²) in [6.45, 7) is 0. The van der Waals surface area contributed by atoms with Crippen LogP contribution < -0.4 is 10.1 Å². The van der Waals surface area contributed by atoms with E-state index in [2.05, 4.69) is 180 Å². The highest BCUT2D eigenvalue weighted by atomic mass is 16.5. The highest BCUT2D eigenvalue weighted by Gasteiger charge is 2.34. The van der Waals surface area contributed by atoms with Gasteiger partial charge in [0.2, 0.25) is 0 Å². The van der Waals surface area contributed by atoms with Gasteiger partial charge in [-0.3, -0.25) is 0 Å². The van der Waals surface area contributed by atoms with Gasteiger partial charge in [-0.2, -0.15) is 0 Å². The third kappa shape index (κ3) is 5.64. The molecular formula is C53H44N2O. The van der Waals surface area contributed by atoms with Crippen LogP contribution in [0.1, 0.15) is 72.6 Å². The molecule has 3 nitrogen and oxygen atoms in total. The molecule has 0 amide bonds. The lowest BCUT2D eigenvalue weighted by Crippen LogP contribution is -2.36.